The summed E-state index contributed by atoms with van der Waals surface area (Å²) in [6.07, 6.45) is 2.26. The predicted octanol–water partition coefficient (Wildman–Crippen LogP) is 4.44. The van der Waals surface area contributed by atoms with Crippen molar-refractivity contribution in [3.8, 4) is 10.8 Å². The molecule has 118 valence electrons. The van der Waals surface area contributed by atoms with Crippen LogP contribution in [0, 0.1) is 6.92 Å². The smallest absolute Gasteiger partial charge is 0.257 e. The van der Waals surface area contributed by atoms with E-state index in [-0.39, 0.29) is 6.04 Å². The molecule has 0 saturated carbocycles. The SMILES string of the molecule is Cc1ccc(-c2nnc(C3CCCN3Cc3ccccc3)o2)s1. The first kappa shape index (κ1) is 14.6. The Morgan fingerprint density at radius 2 is 2.04 bits per heavy atom. The van der Waals surface area contributed by atoms with Crippen molar-refractivity contribution in [3.05, 3.63) is 58.8 Å². The number of benzene rings is 1. The molecule has 1 atom stereocenters. The minimum atomic E-state index is 0.234. The zero-order valence-corrected chi connectivity index (χ0v) is 13.9. The molecule has 1 aliphatic heterocycles. The van der Waals surface area contributed by atoms with Gasteiger partial charge in [-0.2, -0.15) is 0 Å². The van der Waals surface area contributed by atoms with E-state index in [0.717, 1.165) is 30.3 Å². The summed E-state index contributed by atoms with van der Waals surface area (Å²) >= 11 is 1.69. The highest BCUT2D eigenvalue weighted by Gasteiger charge is 2.30. The van der Waals surface area contributed by atoms with Crippen LogP contribution in [0.15, 0.2) is 46.9 Å². The Balaban J connectivity index is 1.54. The second-order valence-electron chi connectivity index (χ2n) is 5.97. The zero-order chi connectivity index (χ0) is 15.6. The average molecular weight is 325 g/mol. The Bertz CT molecular complexity index is 780. The maximum atomic E-state index is 5.98. The molecular formula is C18H19N3OS. The predicted molar refractivity (Wildman–Crippen MR) is 91.2 cm³/mol. The Morgan fingerprint density at radius 1 is 1.17 bits per heavy atom. The summed E-state index contributed by atoms with van der Waals surface area (Å²) in [4.78, 5) is 4.74. The molecule has 3 heterocycles. The molecule has 0 bridgehead atoms. The summed E-state index contributed by atoms with van der Waals surface area (Å²) in [5, 5.41) is 8.58. The van der Waals surface area contributed by atoms with Gasteiger partial charge in [-0.15, -0.1) is 21.5 Å². The summed E-state index contributed by atoms with van der Waals surface area (Å²) < 4.78 is 5.98. The highest BCUT2D eigenvalue weighted by Crippen LogP contribution is 2.34. The molecule has 0 spiro atoms. The van der Waals surface area contributed by atoms with Gasteiger partial charge in [0, 0.05) is 11.4 Å². The van der Waals surface area contributed by atoms with Gasteiger partial charge in [-0.1, -0.05) is 30.3 Å². The lowest BCUT2D eigenvalue weighted by Crippen LogP contribution is -2.22. The molecule has 1 saturated heterocycles. The third kappa shape index (κ3) is 3.07. The fourth-order valence-electron chi connectivity index (χ4n) is 3.13. The normalized spacial score (nSPS) is 18.6. The molecular weight excluding hydrogens is 306 g/mol. The van der Waals surface area contributed by atoms with Gasteiger partial charge in [-0.3, -0.25) is 4.90 Å². The third-order valence-electron chi connectivity index (χ3n) is 4.27. The zero-order valence-electron chi connectivity index (χ0n) is 13.1. The van der Waals surface area contributed by atoms with E-state index in [0.29, 0.717) is 5.89 Å². The lowest BCUT2D eigenvalue weighted by atomic mass is 10.2. The highest BCUT2D eigenvalue weighted by atomic mass is 32.1. The van der Waals surface area contributed by atoms with E-state index in [1.54, 1.807) is 11.3 Å². The molecule has 5 heteroatoms. The van der Waals surface area contributed by atoms with Gasteiger partial charge < -0.3 is 4.42 Å². The Labute approximate surface area is 139 Å². The van der Waals surface area contributed by atoms with Gasteiger partial charge in [-0.05, 0) is 44.0 Å². The molecule has 0 aliphatic carbocycles. The standard InChI is InChI=1S/C18H19N3OS/c1-13-9-10-16(23-13)18-20-19-17(22-18)15-8-5-11-21(15)12-14-6-3-2-4-7-14/h2-4,6-7,9-10,15H,5,8,11-12H2,1H3. The molecule has 4 nitrogen and oxygen atoms in total. The number of thiophene rings is 1. The molecule has 1 aliphatic rings. The van der Waals surface area contributed by atoms with Crippen molar-refractivity contribution in [1.82, 2.24) is 15.1 Å². The van der Waals surface area contributed by atoms with Crippen LogP contribution < -0.4 is 0 Å². The van der Waals surface area contributed by atoms with E-state index in [4.69, 9.17) is 4.42 Å². The van der Waals surface area contributed by atoms with Crippen LogP contribution in [0.2, 0.25) is 0 Å². The van der Waals surface area contributed by atoms with E-state index in [1.807, 2.05) is 6.07 Å². The Kier molecular flexibility index (Phi) is 3.97. The number of aryl methyl sites for hydroxylation is 1. The van der Waals surface area contributed by atoms with Crippen LogP contribution in [-0.4, -0.2) is 21.6 Å². The molecule has 3 aromatic rings. The molecule has 0 amide bonds. The second-order valence-corrected chi connectivity index (χ2v) is 7.26. The third-order valence-corrected chi connectivity index (χ3v) is 5.26. The van der Waals surface area contributed by atoms with Crippen LogP contribution in [-0.2, 0) is 6.54 Å². The van der Waals surface area contributed by atoms with Gasteiger partial charge in [0.1, 0.15) is 0 Å². The molecule has 0 N–H and O–H groups in total. The fourth-order valence-corrected chi connectivity index (χ4v) is 3.92. The quantitative estimate of drug-likeness (QED) is 0.711. The van der Waals surface area contributed by atoms with Crippen molar-refractivity contribution in [3.63, 3.8) is 0 Å². The molecule has 4 rings (SSSR count). The van der Waals surface area contributed by atoms with E-state index < -0.39 is 0 Å². The lowest BCUT2D eigenvalue weighted by molar-refractivity contribution is 0.215. The summed E-state index contributed by atoms with van der Waals surface area (Å²) in [5.41, 5.74) is 1.33. The Hall–Kier alpha value is -1.98. The minimum absolute atomic E-state index is 0.234. The van der Waals surface area contributed by atoms with E-state index >= 15 is 0 Å². The van der Waals surface area contributed by atoms with Gasteiger partial charge >= 0.3 is 0 Å². The van der Waals surface area contributed by atoms with Gasteiger partial charge in [-0.25, -0.2) is 0 Å². The van der Waals surface area contributed by atoms with Crippen molar-refractivity contribution in [2.24, 2.45) is 0 Å². The molecule has 1 fully saturated rings. The van der Waals surface area contributed by atoms with Crippen molar-refractivity contribution >= 4 is 11.3 Å². The molecule has 1 unspecified atom stereocenters. The maximum absolute atomic E-state index is 5.98. The molecule has 0 radical (unpaired) electrons. The number of hydrogen-bond donors (Lipinski definition) is 0. The van der Waals surface area contributed by atoms with Crippen molar-refractivity contribution in [2.75, 3.05) is 6.54 Å². The molecule has 1 aromatic carbocycles. The van der Waals surface area contributed by atoms with Crippen LogP contribution in [0.1, 0.15) is 35.2 Å². The molecule has 23 heavy (non-hydrogen) atoms. The van der Waals surface area contributed by atoms with Crippen LogP contribution in [0.25, 0.3) is 10.8 Å². The largest absolute Gasteiger partial charge is 0.418 e. The van der Waals surface area contributed by atoms with Gasteiger partial charge in [0.25, 0.3) is 5.89 Å². The van der Waals surface area contributed by atoms with E-state index in [2.05, 4.69) is 58.4 Å². The van der Waals surface area contributed by atoms with Crippen LogP contribution in [0.5, 0.6) is 0 Å². The maximum Gasteiger partial charge on any atom is 0.257 e. The van der Waals surface area contributed by atoms with Crippen LogP contribution in [0.3, 0.4) is 0 Å². The number of aromatic nitrogens is 2. The second kappa shape index (κ2) is 6.26. The number of hydrogen-bond acceptors (Lipinski definition) is 5. The molecule has 2 aromatic heterocycles. The summed E-state index contributed by atoms with van der Waals surface area (Å²) in [7, 11) is 0. The van der Waals surface area contributed by atoms with Crippen LogP contribution >= 0.6 is 11.3 Å². The fraction of sp³-hybridized carbons (Fsp3) is 0.333. The summed E-state index contributed by atoms with van der Waals surface area (Å²) in [6, 6.07) is 14.9. The van der Waals surface area contributed by atoms with Gasteiger partial charge in [0.15, 0.2) is 0 Å². The first-order valence-electron chi connectivity index (χ1n) is 7.98. The van der Waals surface area contributed by atoms with Gasteiger partial charge in [0.05, 0.1) is 10.9 Å². The topological polar surface area (TPSA) is 42.2 Å². The monoisotopic (exact) mass is 325 g/mol. The number of likely N-dealkylation sites (tertiary alicyclic amines) is 1. The first-order valence-corrected chi connectivity index (χ1v) is 8.79. The first-order chi connectivity index (χ1) is 11.3. The summed E-state index contributed by atoms with van der Waals surface area (Å²) in [6.45, 7) is 4.10. The van der Waals surface area contributed by atoms with Crippen molar-refractivity contribution in [1.29, 1.82) is 0 Å². The number of nitrogens with zero attached hydrogens (tertiary/aromatic N) is 3. The number of rotatable bonds is 4. The average Bonchev–Trinajstić information content (AvgIpc) is 3.28. The lowest BCUT2D eigenvalue weighted by Gasteiger charge is -2.21. The minimum Gasteiger partial charge on any atom is -0.418 e. The summed E-state index contributed by atoms with van der Waals surface area (Å²) in [5.74, 6) is 1.39. The van der Waals surface area contributed by atoms with Crippen LogP contribution in [0.4, 0.5) is 0 Å². The van der Waals surface area contributed by atoms with Crippen molar-refractivity contribution in [2.45, 2.75) is 32.4 Å². The van der Waals surface area contributed by atoms with E-state index in [1.165, 1.54) is 16.9 Å². The Morgan fingerprint density at radius 3 is 2.83 bits per heavy atom. The van der Waals surface area contributed by atoms with Gasteiger partial charge in [0.2, 0.25) is 5.89 Å². The van der Waals surface area contributed by atoms with Crippen molar-refractivity contribution < 1.29 is 4.42 Å². The van der Waals surface area contributed by atoms with E-state index in [9.17, 15) is 0 Å². The highest BCUT2D eigenvalue weighted by molar-refractivity contribution is 7.15.